The van der Waals surface area contributed by atoms with Gasteiger partial charge in [0.2, 0.25) is 0 Å². The number of hydrogen-bond donors (Lipinski definition) is 2. The van der Waals surface area contributed by atoms with Crippen LogP contribution >= 0.6 is 11.6 Å². The summed E-state index contributed by atoms with van der Waals surface area (Å²) in [7, 11) is 0. The van der Waals surface area contributed by atoms with Gasteiger partial charge in [-0.1, -0.05) is 23.7 Å². The molecule has 2 N–H and O–H groups in total. The van der Waals surface area contributed by atoms with Gasteiger partial charge in [0.15, 0.2) is 0 Å². The minimum absolute atomic E-state index is 0.0121. The first-order chi connectivity index (χ1) is 18.4. The summed E-state index contributed by atoms with van der Waals surface area (Å²) < 4.78 is 20.3. The first-order valence-corrected chi connectivity index (χ1v) is 13.2. The molecule has 1 aromatic heterocycles. The van der Waals surface area contributed by atoms with E-state index in [1.54, 1.807) is 36.4 Å². The van der Waals surface area contributed by atoms with Crippen LogP contribution < -0.4 is 5.32 Å². The van der Waals surface area contributed by atoms with Crippen LogP contribution in [0.1, 0.15) is 32.9 Å². The van der Waals surface area contributed by atoms with Crippen molar-refractivity contribution in [2.24, 2.45) is 0 Å². The Kier molecular flexibility index (Phi) is 6.55. The lowest BCUT2D eigenvalue weighted by Crippen LogP contribution is -2.45. The molecule has 0 saturated carbocycles. The molecular weight excluding hydrogens is 507 g/mol. The van der Waals surface area contributed by atoms with E-state index in [0.29, 0.717) is 57.3 Å². The molecule has 3 aliphatic rings. The highest BCUT2D eigenvalue weighted by molar-refractivity contribution is 6.36. The van der Waals surface area contributed by atoms with Crippen LogP contribution in [0.2, 0.25) is 5.02 Å². The van der Waals surface area contributed by atoms with Gasteiger partial charge >= 0.3 is 0 Å². The zero-order valence-corrected chi connectivity index (χ0v) is 21.8. The number of morpholine rings is 1. The number of carbonyl (C=O) groups excluding carboxylic acids is 2. The molecule has 1 fully saturated rings. The number of amides is 2. The summed E-state index contributed by atoms with van der Waals surface area (Å²) >= 11 is 5.97. The second-order valence-electron chi connectivity index (χ2n) is 9.88. The fraction of sp³-hybridized carbons (Fsp3) is 0.310. The Morgan fingerprint density at radius 1 is 1.05 bits per heavy atom. The molecule has 1 saturated heterocycles. The first-order valence-electron chi connectivity index (χ1n) is 12.8. The predicted molar refractivity (Wildman–Crippen MR) is 146 cm³/mol. The van der Waals surface area contributed by atoms with Crippen LogP contribution in [-0.4, -0.2) is 72.5 Å². The second-order valence-corrected chi connectivity index (χ2v) is 10.3. The maximum atomic E-state index is 14.9. The third-order valence-electron chi connectivity index (χ3n) is 7.63. The summed E-state index contributed by atoms with van der Waals surface area (Å²) in [6.45, 7) is 7.29. The topological polar surface area (TPSA) is 77.7 Å². The molecule has 7 nitrogen and oxygen atoms in total. The highest BCUT2D eigenvalue weighted by Gasteiger charge is 2.32. The Morgan fingerprint density at radius 2 is 1.87 bits per heavy atom. The summed E-state index contributed by atoms with van der Waals surface area (Å²) in [6.07, 6.45) is 2.50. The number of fused-ring (bicyclic) bond motifs is 2. The quantitative estimate of drug-likeness (QED) is 0.469. The molecule has 0 spiro atoms. The van der Waals surface area contributed by atoms with E-state index in [0.717, 1.165) is 50.5 Å². The molecular formula is C29H28ClFN4O3. The minimum Gasteiger partial charge on any atom is -0.379 e. The van der Waals surface area contributed by atoms with E-state index in [4.69, 9.17) is 16.3 Å². The number of carbonyl (C=O) groups is 2. The van der Waals surface area contributed by atoms with Crippen molar-refractivity contribution in [3.05, 3.63) is 75.3 Å². The lowest BCUT2D eigenvalue weighted by Gasteiger charge is -2.32. The van der Waals surface area contributed by atoms with E-state index in [9.17, 15) is 14.0 Å². The number of nitrogens with zero attached hydrogens (tertiary/aromatic N) is 2. The third kappa shape index (κ3) is 4.42. The van der Waals surface area contributed by atoms with Crippen molar-refractivity contribution in [3.63, 3.8) is 0 Å². The average Bonchev–Trinajstić information content (AvgIpc) is 3.40. The highest BCUT2D eigenvalue weighted by Crippen LogP contribution is 2.42. The van der Waals surface area contributed by atoms with Crippen molar-refractivity contribution in [2.75, 3.05) is 51.3 Å². The van der Waals surface area contributed by atoms with Gasteiger partial charge < -0.3 is 19.9 Å². The molecule has 0 unspecified atom stereocenters. The molecule has 2 aromatic carbocycles. The van der Waals surface area contributed by atoms with Gasteiger partial charge in [0.1, 0.15) is 5.82 Å². The van der Waals surface area contributed by atoms with E-state index in [1.165, 1.54) is 6.07 Å². The molecule has 2 amide bonds. The van der Waals surface area contributed by atoms with Gasteiger partial charge in [-0.2, -0.15) is 0 Å². The molecule has 0 atom stereocenters. The van der Waals surface area contributed by atoms with Crippen LogP contribution in [0.3, 0.4) is 0 Å². The number of aromatic nitrogens is 1. The van der Waals surface area contributed by atoms with Crippen molar-refractivity contribution in [1.29, 1.82) is 0 Å². The molecule has 0 bridgehead atoms. The largest absolute Gasteiger partial charge is 0.379 e. The predicted octanol–water partition coefficient (Wildman–Crippen LogP) is 4.61. The fourth-order valence-corrected chi connectivity index (χ4v) is 5.73. The van der Waals surface area contributed by atoms with E-state index in [2.05, 4.69) is 15.2 Å². The van der Waals surface area contributed by atoms with E-state index in [1.807, 2.05) is 11.8 Å². The van der Waals surface area contributed by atoms with Crippen LogP contribution in [0.25, 0.3) is 22.8 Å². The van der Waals surface area contributed by atoms with Gasteiger partial charge in [0.25, 0.3) is 11.8 Å². The molecule has 9 heteroatoms. The summed E-state index contributed by atoms with van der Waals surface area (Å²) in [5.41, 5.74) is 5.72. The molecule has 0 radical (unpaired) electrons. The number of anilines is 1. The zero-order chi connectivity index (χ0) is 26.4. The van der Waals surface area contributed by atoms with Crippen molar-refractivity contribution in [1.82, 2.24) is 14.8 Å². The Bertz CT molecular complexity index is 1470. The Balaban J connectivity index is 1.32. The standard InChI is InChI=1S/C29H28ClFN4O3/c1-17-25(32-24-7-8-35(29(37)26(17)24)10-9-34-11-13-38-14-12-34)16-21-27-20(3-2-4-23(27)33-28(21)36)19-6-5-18(30)15-22(19)31/h2-6,15-16,32H,7-14H2,1H3,(H,33,36). The number of rotatable bonds is 5. The molecule has 38 heavy (non-hydrogen) atoms. The smallest absolute Gasteiger partial charge is 0.256 e. The minimum atomic E-state index is -0.459. The molecule has 4 heterocycles. The Hall–Kier alpha value is -3.46. The Labute approximate surface area is 225 Å². The number of H-pyrrole nitrogens is 1. The van der Waals surface area contributed by atoms with Gasteiger partial charge in [-0.25, -0.2) is 4.39 Å². The molecule has 196 valence electrons. The Morgan fingerprint density at radius 3 is 2.66 bits per heavy atom. The van der Waals surface area contributed by atoms with Crippen LogP contribution in [0, 0.1) is 12.7 Å². The van der Waals surface area contributed by atoms with E-state index < -0.39 is 5.82 Å². The maximum absolute atomic E-state index is 14.9. The van der Waals surface area contributed by atoms with Crippen LogP contribution in [0.4, 0.5) is 10.1 Å². The second kappa shape index (κ2) is 10.0. The lowest BCUT2D eigenvalue weighted by atomic mass is 9.93. The number of benzene rings is 2. The lowest BCUT2D eigenvalue weighted by molar-refractivity contribution is -0.110. The maximum Gasteiger partial charge on any atom is 0.256 e. The SMILES string of the molecule is Cc1c(C=C2C(=O)Nc3cccc(-c4ccc(Cl)cc4F)c32)[nH]c2c1C(=O)N(CCN1CCOCC1)CC2. The van der Waals surface area contributed by atoms with Crippen molar-refractivity contribution in [2.45, 2.75) is 13.3 Å². The zero-order valence-electron chi connectivity index (χ0n) is 21.1. The molecule has 6 rings (SSSR count). The number of aromatic amines is 1. The molecule has 0 aliphatic carbocycles. The van der Waals surface area contributed by atoms with Crippen molar-refractivity contribution < 1.29 is 18.7 Å². The van der Waals surface area contributed by atoms with Gasteiger partial charge in [0, 0.05) is 72.4 Å². The first kappa shape index (κ1) is 24.9. The summed E-state index contributed by atoms with van der Waals surface area (Å²) in [5, 5.41) is 3.20. The summed E-state index contributed by atoms with van der Waals surface area (Å²) in [5.74, 6) is -0.718. The number of hydrogen-bond acceptors (Lipinski definition) is 4. The monoisotopic (exact) mass is 534 g/mol. The van der Waals surface area contributed by atoms with Crippen LogP contribution in [0.5, 0.6) is 0 Å². The van der Waals surface area contributed by atoms with Crippen LogP contribution in [-0.2, 0) is 16.0 Å². The van der Waals surface area contributed by atoms with E-state index in [-0.39, 0.29) is 11.8 Å². The van der Waals surface area contributed by atoms with Crippen LogP contribution in [0.15, 0.2) is 36.4 Å². The third-order valence-corrected chi connectivity index (χ3v) is 7.86. The van der Waals surface area contributed by atoms with Crippen molar-refractivity contribution in [3.8, 4) is 11.1 Å². The van der Waals surface area contributed by atoms with Gasteiger partial charge in [-0.3, -0.25) is 14.5 Å². The normalized spacial score (nSPS) is 18.6. The average molecular weight is 535 g/mol. The molecule has 3 aromatic rings. The van der Waals surface area contributed by atoms with Gasteiger partial charge in [-0.05, 0) is 48.4 Å². The molecule has 3 aliphatic heterocycles. The number of nitrogens with one attached hydrogen (secondary N) is 2. The fourth-order valence-electron chi connectivity index (χ4n) is 5.57. The van der Waals surface area contributed by atoms with Crippen molar-refractivity contribution >= 4 is 40.8 Å². The number of ether oxygens (including phenoxy) is 1. The van der Waals surface area contributed by atoms with Gasteiger partial charge in [0.05, 0.1) is 24.4 Å². The highest BCUT2D eigenvalue weighted by atomic mass is 35.5. The van der Waals surface area contributed by atoms with Gasteiger partial charge in [-0.15, -0.1) is 0 Å². The van der Waals surface area contributed by atoms with E-state index >= 15 is 0 Å². The summed E-state index contributed by atoms with van der Waals surface area (Å²) in [6, 6.07) is 9.90. The number of halogens is 2. The summed E-state index contributed by atoms with van der Waals surface area (Å²) in [4.78, 5) is 34.1.